The number of fused-ring (bicyclic) bond motifs is 2. The molecule has 1 aromatic heterocycles. The molecule has 1 aliphatic carbocycles. The number of Topliss-reactive ketones (excluding diaryl/α,β-unsaturated/α-hetero) is 1. The first-order valence-corrected chi connectivity index (χ1v) is 12.4. The number of allylic oxidation sites excluding steroid dienone is 1. The lowest BCUT2D eigenvalue weighted by Crippen LogP contribution is -2.40. The van der Waals surface area contributed by atoms with Gasteiger partial charge >= 0.3 is 0 Å². The summed E-state index contributed by atoms with van der Waals surface area (Å²) in [5.41, 5.74) is 10.1. The van der Waals surface area contributed by atoms with Crippen LogP contribution >= 0.6 is 0 Å². The highest BCUT2D eigenvalue weighted by molar-refractivity contribution is 6.15. The molecule has 2 aromatic carbocycles. The summed E-state index contributed by atoms with van der Waals surface area (Å²) in [7, 11) is 0. The molecule has 2 aliphatic heterocycles. The molecule has 3 heterocycles. The number of pyridine rings is 1. The topological polar surface area (TPSA) is 54.8 Å². The summed E-state index contributed by atoms with van der Waals surface area (Å²) < 4.78 is 5.54. The monoisotopic (exact) mass is 463 g/mol. The van der Waals surface area contributed by atoms with E-state index in [1.54, 1.807) is 12.4 Å². The molecule has 3 aromatic rings. The summed E-state index contributed by atoms with van der Waals surface area (Å²) >= 11 is 0. The second-order valence-electron chi connectivity index (χ2n) is 9.70. The molecule has 0 radical (unpaired) electrons. The Hall–Kier alpha value is -3.41. The minimum Gasteiger partial charge on any atom is -0.379 e. The predicted octanol–water partition coefficient (Wildman–Crippen LogP) is 4.37. The Kier molecular flexibility index (Phi) is 5.88. The third kappa shape index (κ3) is 4.38. The van der Waals surface area contributed by atoms with Crippen LogP contribution in [-0.2, 0) is 22.5 Å². The first-order valence-electron chi connectivity index (χ1n) is 12.4. The fraction of sp³-hybridized carbons (Fsp3) is 0.300. The minimum atomic E-state index is -0.172. The number of carbonyl (C=O) groups excluding carboxylic acids is 1. The first kappa shape index (κ1) is 22.1. The van der Waals surface area contributed by atoms with E-state index in [1.165, 1.54) is 22.3 Å². The fourth-order valence-electron chi connectivity index (χ4n) is 5.45. The SMILES string of the molecule is Cc1cccc(C(CN2CCOCC2)C(=O)C2=Cc3cc4c(cc3C2)CN=C4c2ccncc2)c1. The molecule has 35 heavy (non-hydrogen) atoms. The lowest BCUT2D eigenvalue weighted by atomic mass is 9.88. The maximum atomic E-state index is 14.0. The molecule has 1 fully saturated rings. The molecule has 6 rings (SSSR count). The number of ether oxygens (including phenoxy) is 1. The zero-order valence-corrected chi connectivity index (χ0v) is 20.0. The van der Waals surface area contributed by atoms with Gasteiger partial charge in [-0.3, -0.25) is 19.7 Å². The van der Waals surface area contributed by atoms with Gasteiger partial charge in [0.25, 0.3) is 0 Å². The van der Waals surface area contributed by atoms with Gasteiger partial charge in [-0.05, 0) is 53.5 Å². The van der Waals surface area contributed by atoms with E-state index < -0.39 is 0 Å². The molecule has 5 nitrogen and oxygen atoms in total. The highest BCUT2D eigenvalue weighted by Crippen LogP contribution is 2.35. The second kappa shape index (κ2) is 9.33. The minimum absolute atomic E-state index is 0.172. The van der Waals surface area contributed by atoms with Gasteiger partial charge in [0.2, 0.25) is 0 Å². The number of hydrogen-bond acceptors (Lipinski definition) is 5. The van der Waals surface area contributed by atoms with Crippen molar-refractivity contribution in [2.24, 2.45) is 4.99 Å². The van der Waals surface area contributed by atoms with Gasteiger partial charge in [-0.2, -0.15) is 0 Å². The van der Waals surface area contributed by atoms with Crippen LogP contribution in [0.15, 0.2) is 71.5 Å². The lowest BCUT2D eigenvalue weighted by Gasteiger charge is -2.30. The van der Waals surface area contributed by atoms with Crippen molar-refractivity contribution in [3.05, 3.63) is 105 Å². The van der Waals surface area contributed by atoms with E-state index in [9.17, 15) is 4.79 Å². The molecule has 0 saturated carbocycles. The van der Waals surface area contributed by atoms with Crippen molar-refractivity contribution in [2.75, 3.05) is 32.8 Å². The normalized spacial score (nSPS) is 18.0. The summed E-state index contributed by atoms with van der Waals surface area (Å²) in [4.78, 5) is 25.3. The third-order valence-electron chi connectivity index (χ3n) is 7.31. The van der Waals surface area contributed by atoms with Crippen molar-refractivity contribution in [3.63, 3.8) is 0 Å². The van der Waals surface area contributed by atoms with Crippen LogP contribution in [0, 0.1) is 6.92 Å². The number of ketones is 1. The van der Waals surface area contributed by atoms with E-state index in [1.807, 2.05) is 12.1 Å². The van der Waals surface area contributed by atoms with Crippen LogP contribution in [0.25, 0.3) is 6.08 Å². The smallest absolute Gasteiger partial charge is 0.167 e. The van der Waals surface area contributed by atoms with E-state index in [0.29, 0.717) is 13.0 Å². The molecule has 0 N–H and O–H groups in total. The van der Waals surface area contributed by atoms with Gasteiger partial charge in [-0.25, -0.2) is 0 Å². The lowest BCUT2D eigenvalue weighted by molar-refractivity contribution is -0.117. The Labute approximate surface area is 206 Å². The van der Waals surface area contributed by atoms with E-state index in [4.69, 9.17) is 9.73 Å². The molecule has 1 unspecified atom stereocenters. The van der Waals surface area contributed by atoms with Gasteiger partial charge in [0.05, 0.1) is 31.4 Å². The molecule has 176 valence electrons. The van der Waals surface area contributed by atoms with Crippen LogP contribution in [0.2, 0.25) is 0 Å². The zero-order chi connectivity index (χ0) is 23.8. The number of benzene rings is 2. The Balaban J connectivity index is 1.30. The molecule has 1 atom stereocenters. The Bertz CT molecular complexity index is 1340. The second-order valence-corrected chi connectivity index (χ2v) is 9.70. The number of nitrogens with zero attached hydrogens (tertiary/aromatic N) is 3. The standard InChI is InChI=1S/C30H29N3O2/c1-20-3-2-4-22(13-20)28(19-33-9-11-35-12-10-33)30(34)25-14-23-16-26-18-32-29(21-5-7-31-8-6-21)27(26)17-24(23)15-25/h2-8,13,15-17,28H,9-12,14,18-19H2,1H3. The van der Waals surface area contributed by atoms with E-state index in [-0.39, 0.29) is 11.7 Å². The molecular weight excluding hydrogens is 434 g/mol. The predicted molar refractivity (Wildman–Crippen MR) is 138 cm³/mol. The molecule has 0 bridgehead atoms. The van der Waals surface area contributed by atoms with Crippen molar-refractivity contribution in [2.45, 2.75) is 25.8 Å². The van der Waals surface area contributed by atoms with Crippen molar-refractivity contribution in [3.8, 4) is 0 Å². The maximum absolute atomic E-state index is 14.0. The van der Waals surface area contributed by atoms with Crippen molar-refractivity contribution >= 4 is 17.6 Å². The molecular formula is C30H29N3O2. The molecule has 0 amide bonds. The van der Waals surface area contributed by atoms with Crippen LogP contribution in [0.5, 0.6) is 0 Å². The average Bonchev–Trinajstić information content (AvgIpc) is 3.50. The van der Waals surface area contributed by atoms with Crippen LogP contribution in [-0.4, -0.2) is 54.2 Å². The van der Waals surface area contributed by atoms with Crippen LogP contribution in [0.3, 0.4) is 0 Å². The van der Waals surface area contributed by atoms with Crippen molar-refractivity contribution in [1.82, 2.24) is 9.88 Å². The van der Waals surface area contributed by atoms with E-state index in [0.717, 1.165) is 60.8 Å². The summed E-state index contributed by atoms with van der Waals surface area (Å²) in [5.74, 6) is 0.0656. The number of aromatic nitrogens is 1. The van der Waals surface area contributed by atoms with Crippen LogP contribution in [0.1, 0.15) is 44.9 Å². The molecule has 5 heteroatoms. The number of hydrogen-bond donors (Lipinski definition) is 0. The van der Waals surface area contributed by atoms with Gasteiger partial charge < -0.3 is 4.74 Å². The molecule has 3 aliphatic rings. The largest absolute Gasteiger partial charge is 0.379 e. The average molecular weight is 464 g/mol. The number of aliphatic imine (C=N–C) groups is 1. The van der Waals surface area contributed by atoms with Crippen molar-refractivity contribution in [1.29, 1.82) is 0 Å². The summed E-state index contributed by atoms with van der Waals surface area (Å²) in [6, 6.07) is 16.9. The molecule has 1 saturated heterocycles. The number of carbonyl (C=O) groups is 1. The number of aryl methyl sites for hydroxylation is 1. The van der Waals surface area contributed by atoms with E-state index in [2.05, 4.69) is 59.3 Å². The van der Waals surface area contributed by atoms with Gasteiger partial charge in [0.15, 0.2) is 5.78 Å². The third-order valence-corrected chi connectivity index (χ3v) is 7.31. The summed E-state index contributed by atoms with van der Waals surface area (Å²) in [5, 5.41) is 0. The van der Waals surface area contributed by atoms with Crippen LogP contribution < -0.4 is 0 Å². The number of morpholine rings is 1. The van der Waals surface area contributed by atoms with Crippen molar-refractivity contribution < 1.29 is 9.53 Å². The zero-order valence-electron chi connectivity index (χ0n) is 20.0. The van der Waals surface area contributed by atoms with E-state index >= 15 is 0 Å². The fourth-order valence-corrected chi connectivity index (χ4v) is 5.45. The Morgan fingerprint density at radius 1 is 1.06 bits per heavy atom. The molecule has 0 spiro atoms. The van der Waals surface area contributed by atoms with Gasteiger partial charge in [-0.1, -0.05) is 35.9 Å². The summed E-state index contributed by atoms with van der Waals surface area (Å²) in [6.07, 6.45) is 6.42. The van der Waals surface area contributed by atoms with Gasteiger partial charge in [0.1, 0.15) is 0 Å². The Morgan fingerprint density at radius 3 is 2.69 bits per heavy atom. The number of rotatable bonds is 6. The van der Waals surface area contributed by atoms with Gasteiger partial charge in [0, 0.05) is 55.1 Å². The first-order chi connectivity index (χ1) is 17.2. The van der Waals surface area contributed by atoms with Gasteiger partial charge in [-0.15, -0.1) is 0 Å². The quantitative estimate of drug-likeness (QED) is 0.545. The van der Waals surface area contributed by atoms with Crippen LogP contribution in [0.4, 0.5) is 0 Å². The highest BCUT2D eigenvalue weighted by Gasteiger charge is 2.30. The maximum Gasteiger partial charge on any atom is 0.167 e. The highest BCUT2D eigenvalue weighted by atomic mass is 16.5. The Morgan fingerprint density at radius 2 is 1.89 bits per heavy atom. The summed E-state index contributed by atoms with van der Waals surface area (Å²) in [6.45, 7) is 6.72.